The van der Waals surface area contributed by atoms with Crippen LogP contribution >= 0.6 is 11.8 Å². The third kappa shape index (κ3) is 4.46. The van der Waals surface area contributed by atoms with Gasteiger partial charge in [-0.25, -0.2) is 4.79 Å². The Morgan fingerprint density at radius 2 is 2.07 bits per heavy atom. The smallest absolute Gasteiger partial charge is 0.330 e. The standard InChI is InChI=1S/C20H26N2O4S/c1-3-4-5-14-6-8-15(9-7-14)21-17(23)12-26-19(25)16-13-27-20(2)11-10-18(24)22(16)20/h6-9,16H,3-5,10-13H2,1-2H3,(H,21,23)/t16-,20-/m1/s1. The lowest BCUT2D eigenvalue weighted by molar-refractivity contribution is -0.155. The maximum atomic E-state index is 12.4. The van der Waals surface area contributed by atoms with Crippen molar-refractivity contribution >= 4 is 35.2 Å². The zero-order chi connectivity index (χ0) is 19.4. The second-order valence-corrected chi connectivity index (χ2v) is 8.72. The molecule has 2 aliphatic heterocycles. The first-order valence-electron chi connectivity index (χ1n) is 9.44. The number of hydrogen-bond acceptors (Lipinski definition) is 5. The Hall–Kier alpha value is -2.02. The Bertz CT molecular complexity index is 721. The van der Waals surface area contributed by atoms with Gasteiger partial charge in [-0.3, -0.25) is 9.59 Å². The van der Waals surface area contributed by atoms with E-state index in [9.17, 15) is 14.4 Å². The number of carbonyl (C=O) groups is 3. The van der Waals surface area contributed by atoms with Gasteiger partial charge in [-0.15, -0.1) is 11.8 Å². The highest BCUT2D eigenvalue weighted by atomic mass is 32.2. The number of fused-ring (bicyclic) bond motifs is 1. The summed E-state index contributed by atoms with van der Waals surface area (Å²) in [6.45, 7) is 3.78. The molecule has 2 saturated heterocycles. The number of amides is 2. The number of aryl methyl sites for hydroxylation is 1. The monoisotopic (exact) mass is 390 g/mol. The molecule has 7 heteroatoms. The summed E-state index contributed by atoms with van der Waals surface area (Å²) < 4.78 is 5.18. The molecule has 2 fully saturated rings. The molecule has 0 radical (unpaired) electrons. The molecule has 146 valence electrons. The summed E-state index contributed by atoms with van der Waals surface area (Å²) in [5.41, 5.74) is 1.91. The van der Waals surface area contributed by atoms with Crippen LogP contribution in [-0.2, 0) is 25.5 Å². The van der Waals surface area contributed by atoms with Crippen LogP contribution in [0.4, 0.5) is 5.69 Å². The van der Waals surface area contributed by atoms with E-state index in [1.54, 1.807) is 16.7 Å². The lowest BCUT2D eigenvalue weighted by Crippen LogP contribution is -2.47. The summed E-state index contributed by atoms with van der Waals surface area (Å²) in [6, 6.07) is 7.10. The number of thioether (sulfide) groups is 1. The first kappa shape index (κ1) is 19.7. The summed E-state index contributed by atoms with van der Waals surface area (Å²) in [7, 11) is 0. The van der Waals surface area contributed by atoms with Crippen molar-refractivity contribution < 1.29 is 19.1 Å². The van der Waals surface area contributed by atoms with Crippen LogP contribution in [0, 0.1) is 0 Å². The normalized spacial score (nSPS) is 24.0. The van der Waals surface area contributed by atoms with Crippen LogP contribution in [0.15, 0.2) is 24.3 Å². The van der Waals surface area contributed by atoms with Crippen molar-refractivity contribution in [3.63, 3.8) is 0 Å². The van der Waals surface area contributed by atoms with Crippen molar-refractivity contribution in [1.29, 1.82) is 0 Å². The maximum absolute atomic E-state index is 12.4. The van der Waals surface area contributed by atoms with Gasteiger partial charge in [0, 0.05) is 17.9 Å². The van der Waals surface area contributed by atoms with Crippen molar-refractivity contribution in [3.8, 4) is 0 Å². The number of nitrogens with zero attached hydrogens (tertiary/aromatic N) is 1. The second kappa shape index (κ2) is 8.33. The highest BCUT2D eigenvalue weighted by Gasteiger charge is 2.53. The van der Waals surface area contributed by atoms with E-state index in [2.05, 4.69) is 12.2 Å². The minimum atomic E-state index is -0.597. The van der Waals surface area contributed by atoms with Gasteiger partial charge in [0.2, 0.25) is 5.91 Å². The maximum Gasteiger partial charge on any atom is 0.330 e. The second-order valence-electron chi connectivity index (χ2n) is 7.22. The highest BCUT2D eigenvalue weighted by molar-refractivity contribution is 8.01. The van der Waals surface area contributed by atoms with E-state index in [0.717, 1.165) is 25.7 Å². The number of hydrogen-bond donors (Lipinski definition) is 1. The lowest BCUT2D eigenvalue weighted by atomic mass is 10.1. The molecule has 2 atom stereocenters. The first-order valence-corrected chi connectivity index (χ1v) is 10.4. The minimum Gasteiger partial charge on any atom is -0.454 e. The molecule has 2 aliphatic rings. The van der Waals surface area contributed by atoms with Crippen LogP contribution in [0.1, 0.15) is 45.1 Å². The zero-order valence-corrected chi connectivity index (χ0v) is 16.6. The van der Waals surface area contributed by atoms with Crippen molar-refractivity contribution in [1.82, 2.24) is 4.90 Å². The van der Waals surface area contributed by atoms with Gasteiger partial charge in [0.05, 0.1) is 4.87 Å². The van der Waals surface area contributed by atoms with E-state index >= 15 is 0 Å². The molecule has 0 bridgehead atoms. The molecule has 0 aliphatic carbocycles. The van der Waals surface area contributed by atoms with Gasteiger partial charge in [-0.1, -0.05) is 25.5 Å². The van der Waals surface area contributed by atoms with Crippen molar-refractivity contribution in [2.75, 3.05) is 17.7 Å². The molecule has 0 aromatic heterocycles. The van der Waals surface area contributed by atoms with E-state index in [1.807, 2.05) is 31.2 Å². The van der Waals surface area contributed by atoms with E-state index in [-0.39, 0.29) is 23.3 Å². The number of anilines is 1. The Labute approximate surface area is 164 Å². The first-order chi connectivity index (χ1) is 12.9. The molecular formula is C20H26N2O4S. The molecule has 1 aromatic carbocycles. The molecular weight excluding hydrogens is 364 g/mol. The fourth-order valence-corrected chi connectivity index (χ4v) is 4.98. The largest absolute Gasteiger partial charge is 0.454 e. The Morgan fingerprint density at radius 1 is 1.33 bits per heavy atom. The summed E-state index contributed by atoms with van der Waals surface area (Å²) in [6.07, 6.45) is 4.51. The van der Waals surface area contributed by atoms with E-state index in [4.69, 9.17) is 4.74 Å². The SMILES string of the molecule is CCCCc1ccc(NC(=O)COC(=O)[C@H]2CS[C@]3(C)CCC(=O)N23)cc1. The quantitative estimate of drug-likeness (QED) is 0.725. The lowest BCUT2D eigenvalue weighted by Gasteiger charge is -2.29. The van der Waals surface area contributed by atoms with E-state index in [1.165, 1.54) is 5.56 Å². The number of carbonyl (C=O) groups excluding carboxylic acids is 3. The molecule has 0 saturated carbocycles. The predicted molar refractivity (Wildman–Crippen MR) is 105 cm³/mol. The fourth-order valence-electron chi connectivity index (χ4n) is 3.56. The van der Waals surface area contributed by atoms with Gasteiger partial charge < -0.3 is 15.0 Å². The van der Waals surface area contributed by atoms with Crippen molar-refractivity contribution in [2.45, 2.75) is 56.9 Å². The number of ether oxygens (including phenoxy) is 1. The summed E-state index contributed by atoms with van der Waals surface area (Å²) in [5, 5.41) is 2.73. The summed E-state index contributed by atoms with van der Waals surface area (Å²) in [4.78, 5) is 37.8. The van der Waals surface area contributed by atoms with Gasteiger partial charge in [-0.05, 0) is 43.9 Å². The van der Waals surface area contributed by atoms with Crippen LogP contribution in [0.5, 0.6) is 0 Å². The number of unbranched alkanes of at least 4 members (excludes halogenated alkanes) is 1. The van der Waals surface area contributed by atoms with Gasteiger partial charge in [0.25, 0.3) is 5.91 Å². The fraction of sp³-hybridized carbons (Fsp3) is 0.550. The molecule has 2 amide bonds. The van der Waals surface area contributed by atoms with Gasteiger partial charge in [0.1, 0.15) is 6.04 Å². The minimum absolute atomic E-state index is 0.0166. The summed E-state index contributed by atoms with van der Waals surface area (Å²) in [5.74, 6) is -0.392. The molecule has 0 spiro atoms. The van der Waals surface area contributed by atoms with Crippen LogP contribution in [0.25, 0.3) is 0 Å². The molecule has 27 heavy (non-hydrogen) atoms. The van der Waals surface area contributed by atoms with Crippen LogP contribution in [-0.4, -0.2) is 46.0 Å². The topological polar surface area (TPSA) is 75.7 Å². The average molecular weight is 391 g/mol. The van der Waals surface area contributed by atoms with E-state index in [0.29, 0.717) is 17.9 Å². The van der Waals surface area contributed by atoms with Crippen molar-refractivity contribution in [2.24, 2.45) is 0 Å². The number of esters is 1. The molecule has 6 nitrogen and oxygen atoms in total. The average Bonchev–Trinajstić information content (AvgIpc) is 3.15. The predicted octanol–water partition coefficient (Wildman–Crippen LogP) is 2.96. The molecule has 1 N–H and O–H groups in total. The molecule has 3 rings (SSSR count). The van der Waals surface area contributed by atoms with Gasteiger partial charge >= 0.3 is 5.97 Å². The molecule has 0 unspecified atom stereocenters. The van der Waals surface area contributed by atoms with Gasteiger partial charge in [-0.2, -0.15) is 0 Å². The van der Waals surface area contributed by atoms with E-state index < -0.39 is 12.0 Å². The Kier molecular flexibility index (Phi) is 6.09. The van der Waals surface area contributed by atoms with Gasteiger partial charge in [0.15, 0.2) is 6.61 Å². The molecule has 2 heterocycles. The Morgan fingerprint density at radius 3 is 2.78 bits per heavy atom. The Balaban J connectivity index is 1.48. The molecule has 1 aromatic rings. The summed E-state index contributed by atoms with van der Waals surface area (Å²) >= 11 is 1.60. The zero-order valence-electron chi connectivity index (χ0n) is 15.8. The highest BCUT2D eigenvalue weighted by Crippen LogP contribution is 2.47. The van der Waals surface area contributed by atoms with Crippen molar-refractivity contribution in [3.05, 3.63) is 29.8 Å². The van der Waals surface area contributed by atoms with Crippen LogP contribution in [0.2, 0.25) is 0 Å². The third-order valence-corrected chi connectivity index (χ3v) is 6.62. The third-order valence-electron chi connectivity index (χ3n) is 5.12. The number of benzene rings is 1. The van der Waals surface area contributed by atoms with Crippen LogP contribution < -0.4 is 5.32 Å². The van der Waals surface area contributed by atoms with Crippen LogP contribution in [0.3, 0.4) is 0 Å². The number of rotatable bonds is 7. The number of nitrogens with one attached hydrogen (secondary N) is 1.